The summed E-state index contributed by atoms with van der Waals surface area (Å²) in [7, 11) is 0. The molecule has 1 aliphatic heterocycles. The van der Waals surface area contributed by atoms with Crippen LogP contribution in [0.1, 0.15) is 20.3 Å². The Bertz CT molecular complexity index is 320. The van der Waals surface area contributed by atoms with Crippen LogP contribution in [0.25, 0.3) is 0 Å². The van der Waals surface area contributed by atoms with Gasteiger partial charge in [0.25, 0.3) is 5.78 Å². The predicted molar refractivity (Wildman–Crippen MR) is 49.7 cm³/mol. The zero-order valence-electron chi connectivity index (χ0n) is 7.79. The zero-order valence-corrected chi connectivity index (χ0v) is 7.79. The van der Waals surface area contributed by atoms with E-state index in [1.807, 2.05) is 13.8 Å². The fraction of sp³-hybridized carbons (Fsp3) is 0.400. The second-order valence-corrected chi connectivity index (χ2v) is 3.02. The van der Waals surface area contributed by atoms with E-state index in [1.54, 1.807) is 18.2 Å². The maximum Gasteiger partial charge on any atom is 0.262 e. The maximum absolute atomic E-state index is 11.1. The van der Waals surface area contributed by atoms with Crippen LogP contribution in [0.4, 0.5) is 0 Å². The molecule has 68 valence electrons. The summed E-state index contributed by atoms with van der Waals surface area (Å²) in [4.78, 5) is 11.1. The summed E-state index contributed by atoms with van der Waals surface area (Å²) < 4.78 is 0. The molecule has 3 heteroatoms. The number of ketones is 1. The van der Waals surface area contributed by atoms with Crippen LogP contribution >= 0.6 is 0 Å². The predicted octanol–water partition coefficient (Wildman–Crippen LogP) is 1.29. The number of nitrogens with one attached hydrogen (secondary N) is 1. The minimum absolute atomic E-state index is 0.132. The third-order valence-electron chi connectivity index (χ3n) is 1.92. The van der Waals surface area contributed by atoms with Gasteiger partial charge in [0.05, 0.1) is 0 Å². The first-order valence-electron chi connectivity index (χ1n) is 4.30. The van der Waals surface area contributed by atoms with Gasteiger partial charge in [0.1, 0.15) is 6.07 Å². The zero-order chi connectivity index (χ0) is 9.84. The molecule has 1 N–H and O–H groups in total. The van der Waals surface area contributed by atoms with Gasteiger partial charge < -0.3 is 5.32 Å². The highest BCUT2D eigenvalue weighted by Crippen LogP contribution is 2.12. The molecule has 0 bridgehead atoms. The lowest BCUT2D eigenvalue weighted by Crippen LogP contribution is -2.27. The lowest BCUT2D eigenvalue weighted by Gasteiger charge is -2.19. The van der Waals surface area contributed by atoms with E-state index in [0.717, 1.165) is 12.1 Å². The fourth-order valence-electron chi connectivity index (χ4n) is 1.29. The number of nitriles is 1. The Kier molecular flexibility index (Phi) is 2.86. The summed E-state index contributed by atoms with van der Waals surface area (Å²) >= 11 is 0. The Morgan fingerprint density at radius 2 is 2.46 bits per heavy atom. The van der Waals surface area contributed by atoms with Crippen molar-refractivity contribution in [2.24, 2.45) is 0 Å². The molecular weight excluding hydrogens is 164 g/mol. The van der Waals surface area contributed by atoms with E-state index in [2.05, 4.69) is 5.32 Å². The Morgan fingerprint density at radius 3 is 3.00 bits per heavy atom. The molecular formula is C10H12N2O. The lowest BCUT2D eigenvalue weighted by molar-refractivity contribution is -0.110. The van der Waals surface area contributed by atoms with Crippen LogP contribution in [0, 0.1) is 11.3 Å². The summed E-state index contributed by atoms with van der Waals surface area (Å²) in [5, 5.41) is 11.6. The van der Waals surface area contributed by atoms with Gasteiger partial charge in [-0.1, -0.05) is 13.0 Å². The summed E-state index contributed by atoms with van der Waals surface area (Å²) in [5.41, 5.74) is 1.51. The van der Waals surface area contributed by atoms with Gasteiger partial charge in [-0.25, -0.2) is 0 Å². The average molecular weight is 176 g/mol. The Hall–Kier alpha value is -1.56. The van der Waals surface area contributed by atoms with Crippen LogP contribution in [0.2, 0.25) is 0 Å². The molecule has 13 heavy (non-hydrogen) atoms. The van der Waals surface area contributed by atoms with Gasteiger partial charge in [-0.05, 0) is 19.4 Å². The molecule has 1 heterocycles. The molecule has 0 spiro atoms. The average Bonchev–Trinajstić information content (AvgIpc) is 2.15. The van der Waals surface area contributed by atoms with E-state index in [9.17, 15) is 4.79 Å². The minimum atomic E-state index is -0.459. The second-order valence-electron chi connectivity index (χ2n) is 3.02. The van der Waals surface area contributed by atoms with Gasteiger partial charge in [0.15, 0.2) is 0 Å². The normalized spacial score (nSPS) is 20.8. The number of rotatable bonds is 2. The van der Waals surface area contributed by atoms with Gasteiger partial charge in [-0.2, -0.15) is 5.26 Å². The summed E-state index contributed by atoms with van der Waals surface area (Å²) in [5.74, 6) is -0.459. The van der Waals surface area contributed by atoms with Gasteiger partial charge in [-0.3, -0.25) is 4.79 Å². The van der Waals surface area contributed by atoms with Crippen molar-refractivity contribution >= 4 is 5.78 Å². The van der Waals surface area contributed by atoms with Gasteiger partial charge in [0.2, 0.25) is 0 Å². The number of hydrogen-bond donors (Lipinski definition) is 1. The van der Waals surface area contributed by atoms with Crippen LogP contribution in [0.5, 0.6) is 0 Å². The molecule has 0 amide bonds. The SMILES string of the molecule is CCC1=CC(C(=O)C#N)=CC(C)N1. The molecule has 0 aromatic rings. The Morgan fingerprint density at radius 1 is 1.77 bits per heavy atom. The highest BCUT2D eigenvalue weighted by molar-refractivity contribution is 6.09. The molecule has 0 saturated carbocycles. The minimum Gasteiger partial charge on any atom is -0.382 e. The van der Waals surface area contributed by atoms with Crippen molar-refractivity contribution in [2.45, 2.75) is 26.3 Å². The molecule has 1 atom stereocenters. The van der Waals surface area contributed by atoms with Crippen LogP contribution in [-0.4, -0.2) is 11.8 Å². The third-order valence-corrected chi connectivity index (χ3v) is 1.92. The van der Waals surface area contributed by atoms with Gasteiger partial charge in [0, 0.05) is 17.3 Å². The van der Waals surface area contributed by atoms with E-state index in [0.29, 0.717) is 5.57 Å². The van der Waals surface area contributed by atoms with Crippen molar-refractivity contribution in [2.75, 3.05) is 0 Å². The molecule has 0 fully saturated rings. The first-order chi connectivity index (χ1) is 6.17. The third kappa shape index (κ3) is 2.19. The Balaban J connectivity index is 2.92. The fourth-order valence-corrected chi connectivity index (χ4v) is 1.29. The molecule has 0 saturated heterocycles. The Labute approximate surface area is 77.7 Å². The molecule has 1 unspecified atom stereocenters. The molecule has 0 aromatic carbocycles. The number of carbonyl (C=O) groups excluding carboxylic acids is 1. The maximum atomic E-state index is 11.1. The summed E-state index contributed by atoms with van der Waals surface area (Å²) in [6.45, 7) is 3.96. The first-order valence-corrected chi connectivity index (χ1v) is 4.30. The van der Waals surface area contributed by atoms with Crippen molar-refractivity contribution in [3.8, 4) is 6.07 Å². The van der Waals surface area contributed by atoms with E-state index in [4.69, 9.17) is 5.26 Å². The molecule has 1 rings (SSSR count). The number of Topliss-reactive ketones (excluding diaryl/α,β-unsaturated/α-hetero) is 1. The van der Waals surface area contributed by atoms with Crippen molar-refractivity contribution in [3.05, 3.63) is 23.4 Å². The van der Waals surface area contributed by atoms with Crippen molar-refractivity contribution < 1.29 is 4.79 Å². The summed E-state index contributed by atoms with van der Waals surface area (Å²) in [6, 6.07) is 1.75. The monoisotopic (exact) mass is 176 g/mol. The van der Waals surface area contributed by atoms with Gasteiger partial charge in [-0.15, -0.1) is 0 Å². The number of nitrogens with zero attached hydrogens (tertiary/aromatic N) is 1. The smallest absolute Gasteiger partial charge is 0.262 e. The second kappa shape index (κ2) is 3.90. The molecule has 0 aliphatic carbocycles. The van der Waals surface area contributed by atoms with Crippen LogP contribution in [0.15, 0.2) is 23.4 Å². The quantitative estimate of drug-likeness (QED) is 0.645. The molecule has 1 aliphatic rings. The van der Waals surface area contributed by atoms with Gasteiger partial charge >= 0.3 is 0 Å². The molecule has 0 radical (unpaired) electrons. The number of hydrogen-bond acceptors (Lipinski definition) is 3. The topological polar surface area (TPSA) is 52.9 Å². The largest absolute Gasteiger partial charge is 0.382 e. The number of dihydropyridines is 1. The van der Waals surface area contributed by atoms with Crippen molar-refractivity contribution in [1.82, 2.24) is 5.32 Å². The van der Waals surface area contributed by atoms with Crippen molar-refractivity contribution in [1.29, 1.82) is 5.26 Å². The van der Waals surface area contributed by atoms with Crippen LogP contribution in [-0.2, 0) is 4.79 Å². The van der Waals surface area contributed by atoms with Crippen LogP contribution in [0.3, 0.4) is 0 Å². The lowest BCUT2D eigenvalue weighted by atomic mass is 10.0. The van der Waals surface area contributed by atoms with E-state index < -0.39 is 5.78 Å². The highest BCUT2D eigenvalue weighted by Gasteiger charge is 2.13. The van der Waals surface area contributed by atoms with Crippen LogP contribution < -0.4 is 5.32 Å². The van der Waals surface area contributed by atoms with Crippen molar-refractivity contribution in [3.63, 3.8) is 0 Å². The first kappa shape index (κ1) is 9.53. The molecule has 3 nitrogen and oxygen atoms in total. The number of allylic oxidation sites excluding steroid dienone is 3. The van der Waals surface area contributed by atoms with E-state index in [1.165, 1.54) is 0 Å². The highest BCUT2D eigenvalue weighted by atomic mass is 16.1. The standard InChI is InChI=1S/C10H12N2O/c1-3-9-5-8(10(13)6-11)4-7(2)12-9/h4-5,7,12H,3H2,1-2H3. The number of carbonyl (C=O) groups is 1. The summed E-state index contributed by atoms with van der Waals surface area (Å²) in [6.07, 6.45) is 4.36. The van der Waals surface area contributed by atoms with E-state index in [-0.39, 0.29) is 6.04 Å². The molecule has 0 aromatic heterocycles. The van der Waals surface area contributed by atoms with E-state index >= 15 is 0 Å².